The van der Waals surface area contributed by atoms with E-state index in [0.29, 0.717) is 25.1 Å². The topological polar surface area (TPSA) is 145 Å². The summed E-state index contributed by atoms with van der Waals surface area (Å²) in [5.74, 6) is -2.30. The number of nitrogens with zero attached hydrogens (tertiary/aromatic N) is 1. The Kier molecular flexibility index (Phi) is 10.3. The predicted molar refractivity (Wildman–Crippen MR) is 134 cm³/mol. The third-order valence-corrected chi connectivity index (χ3v) is 6.24. The Morgan fingerprint density at radius 1 is 1.06 bits per heavy atom. The largest absolute Gasteiger partial charge is 0.497 e. The number of nitrogens with one attached hydrogen (secondary N) is 2. The summed E-state index contributed by atoms with van der Waals surface area (Å²) in [6.45, 7) is 6.32. The van der Waals surface area contributed by atoms with Crippen molar-refractivity contribution in [2.75, 3.05) is 20.7 Å². The van der Waals surface area contributed by atoms with Crippen LogP contribution in [0.3, 0.4) is 0 Å². The number of methoxy groups -OCH3 is 1. The lowest BCUT2D eigenvalue weighted by Gasteiger charge is -2.34. The predicted octanol–water partition coefficient (Wildman–Crippen LogP) is 2.36. The average Bonchev–Trinajstić information content (AvgIpc) is 2.78. The molecule has 10 heteroatoms. The Labute approximate surface area is 212 Å². The second-order valence-corrected chi connectivity index (χ2v) is 10.6. The second kappa shape index (κ2) is 12.7. The molecule has 36 heavy (non-hydrogen) atoms. The van der Waals surface area contributed by atoms with Crippen LogP contribution in [0.15, 0.2) is 18.2 Å². The number of carboxylic acid groups (broad SMARTS) is 2. The zero-order valence-corrected chi connectivity index (χ0v) is 21.8. The number of amides is 2. The molecule has 0 fully saturated rings. The Balaban J connectivity index is 1.95. The fourth-order valence-corrected chi connectivity index (χ4v) is 4.39. The number of carbonyl (C=O) groups excluding carboxylic acids is 2. The van der Waals surface area contributed by atoms with Crippen molar-refractivity contribution in [3.05, 3.63) is 29.3 Å². The van der Waals surface area contributed by atoms with E-state index in [9.17, 15) is 29.4 Å². The van der Waals surface area contributed by atoms with E-state index in [1.54, 1.807) is 13.2 Å². The first kappa shape index (κ1) is 29.1. The third kappa shape index (κ3) is 8.51. The third-order valence-electron chi connectivity index (χ3n) is 6.24. The van der Waals surface area contributed by atoms with Gasteiger partial charge in [-0.2, -0.15) is 0 Å². The van der Waals surface area contributed by atoms with Crippen LogP contribution in [0.4, 0.5) is 0 Å². The standard InChI is InChI=1S/C26H39N3O7/c1-26(2,3)15-21(30)27-19(24(32)33)8-6-7-9-20(25(34)35)28-23(31)22-18-11-10-17(36-5)14-16(18)12-13-29(22)4/h10-11,14,19-20,22H,6-9,12-13,15H2,1-5H3,(H,27,30)(H,28,31)(H,32,33)(H,34,35). The van der Waals surface area contributed by atoms with Crippen LogP contribution in [0.2, 0.25) is 0 Å². The molecular weight excluding hydrogens is 466 g/mol. The van der Waals surface area contributed by atoms with Crippen molar-refractivity contribution in [2.45, 2.75) is 77.4 Å². The van der Waals surface area contributed by atoms with Crippen molar-refractivity contribution in [2.24, 2.45) is 5.41 Å². The normalized spacial score (nSPS) is 17.4. The fraction of sp³-hybridized carbons (Fsp3) is 0.615. The average molecular weight is 506 g/mol. The maximum absolute atomic E-state index is 13.1. The van der Waals surface area contributed by atoms with Crippen LogP contribution in [-0.2, 0) is 25.6 Å². The molecule has 1 aliphatic heterocycles. The molecule has 0 spiro atoms. The molecule has 3 unspecified atom stereocenters. The summed E-state index contributed by atoms with van der Waals surface area (Å²) < 4.78 is 5.28. The van der Waals surface area contributed by atoms with Crippen molar-refractivity contribution < 1.29 is 34.1 Å². The van der Waals surface area contributed by atoms with Gasteiger partial charge in [0, 0.05) is 13.0 Å². The van der Waals surface area contributed by atoms with Crippen LogP contribution in [0, 0.1) is 5.41 Å². The molecular formula is C26H39N3O7. The molecule has 1 aromatic rings. The maximum Gasteiger partial charge on any atom is 0.326 e. The number of hydrogen-bond donors (Lipinski definition) is 4. The number of unbranched alkanes of at least 4 members (excludes halogenated alkanes) is 1. The first-order chi connectivity index (χ1) is 16.8. The minimum Gasteiger partial charge on any atom is -0.497 e. The van der Waals surface area contributed by atoms with Crippen molar-refractivity contribution >= 4 is 23.8 Å². The summed E-state index contributed by atoms with van der Waals surface area (Å²) in [7, 11) is 3.41. The number of carbonyl (C=O) groups is 4. The second-order valence-electron chi connectivity index (χ2n) is 10.6. The van der Waals surface area contributed by atoms with Crippen LogP contribution in [0.5, 0.6) is 5.75 Å². The van der Waals surface area contributed by atoms with Gasteiger partial charge in [0.15, 0.2) is 0 Å². The lowest BCUT2D eigenvalue weighted by atomic mass is 9.91. The lowest BCUT2D eigenvalue weighted by Crippen LogP contribution is -2.48. The molecule has 3 atom stereocenters. The van der Waals surface area contributed by atoms with Gasteiger partial charge < -0.3 is 25.6 Å². The number of rotatable bonds is 12. The van der Waals surface area contributed by atoms with E-state index in [-0.39, 0.29) is 30.6 Å². The molecule has 0 saturated heterocycles. The SMILES string of the molecule is COc1ccc2c(c1)CCN(C)C2C(=O)NC(CCCCC(NC(=O)CC(C)(C)C)C(=O)O)C(=O)O. The summed E-state index contributed by atoms with van der Waals surface area (Å²) in [5.41, 5.74) is 1.55. The van der Waals surface area contributed by atoms with E-state index < -0.39 is 36.0 Å². The Hall–Kier alpha value is -3.14. The van der Waals surface area contributed by atoms with Gasteiger partial charge in [-0.25, -0.2) is 9.59 Å². The van der Waals surface area contributed by atoms with Crippen LogP contribution in [0.25, 0.3) is 0 Å². The summed E-state index contributed by atoms with van der Waals surface area (Å²) in [4.78, 5) is 50.5. The molecule has 1 aliphatic rings. The summed E-state index contributed by atoms with van der Waals surface area (Å²) >= 11 is 0. The molecule has 0 bridgehead atoms. The molecule has 0 radical (unpaired) electrons. The highest BCUT2D eigenvalue weighted by Gasteiger charge is 2.33. The van der Waals surface area contributed by atoms with Crippen molar-refractivity contribution in [3.63, 3.8) is 0 Å². The molecule has 4 N–H and O–H groups in total. The smallest absolute Gasteiger partial charge is 0.326 e. The van der Waals surface area contributed by atoms with Crippen molar-refractivity contribution in [3.8, 4) is 5.75 Å². The lowest BCUT2D eigenvalue weighted by molar-refractivity contribution is -0.143. The van der Waals surface area contributed by atoms with Gasteiger partial charge in [0.1, 0.15) is 23.9 Å². The summed E-state index contributed by atoms with van der Waals surface area (Å²) in [6, 6.07) is 2.76. The molecule has 2 rings (SSSR count). The minimum absolute atomic E-state index is 0.148. The monoisotopic (exact) mass is 505 g/mol. The van der Waals surface area contributed by atoms with E-state index in [1.807, 2.05) is 44.9 Å². The van der Waals surface area contributed by atoms with Gasteiger partial charge in [0.05, 0.1) is 7.11 Å². The minimum atomic E-state index is -1.15. The molecule has 0 aromatic heterocycles. The van der Waals surface area contributed by atoms with Gasteiger partial charge in [0.25, 0.3) is 0 Å². The zero-order valence-electron chi connectivity index (χ0n) is 21.8. The maximum atomic E-state index is 13.1. The highest BCUT2D eigenvalue weighted by Crippen LogP contribution is 2.31. The van der Waals surface area contributed by atoms with E-state index in [4.69, 9.17) is 4.74 Å². The molecule has 200 valence electrons. The van der Waals surface area contributed by atoms with Gasteiger partial charge in [-0.15, -0.1) is 0 Å². The number of likely N-dealkylation sites (N-methyl/N-ethyl adjacent to an activating group) is 1. The van der Waals surface area contributed by atoms with Gasteiger partial charge in [0.2, 0.25) is 11.8 Å². The summed E-state index contributed by atoms with van der Waals surface area (Å²) in [5, 5.41) is 24.3. The molecule has 1 heterocycles. The summed E-state index contributed by atoms with van der Waals surface area (Å²) in [6.07, 6.45) is 2.05. The van der Waals surface area contributed by atoms with Gasteiger partial charge in [-0.1, -0.05) is 39.7 Å². The molecule has 10 nitrogen and oxygen atoms in total. The quantitative estimate of drug-likeness (QED) is 0.317. The Bertz CT molecular complexity index is 957. The molecule has 1 aromatic carbocycles. The Morgan fingerprint density at radius 2 is 1.64 bits per heavy atom. The fourth-order valence-electron chi connectivity index (χ4n) is 4.39. The van der Waals surface area contributed by atoms with E-state index in [0.717, 1.165) is 17.5 Å². The first-order valence-electron chi connectivity index (χ1n) is 12.2. The number of carboxylic acids is 2. The van der Waals surface area contributed by atoms with Crippen LogP contribution >= 0.6 is 0 Å². The van der Waals surface area contributed by atoms with E-state index in [1.165, 1.54) is 0 Å². The number of aliphatic carboxylic acids is 2. The van der Waals surface area contributed by atoms with E-state index >= 15 is 0 Å². The van der Waals surface area contributed by atoms with Crippen molar-refractivity contribution in [1.29, 1.82) is 0 Å². The van der Waals surface area contributed by atoms with Crippen molar-refractivity contribution in [1.82, 2.24) is 15.5 Å². The van der Waals surface area contributed by atoms with Crippen LogP contribution < -0.4 is 15.4 Å². The highest BCUT2D eigenvalue weighted by atomic mass is 16.5. The van der Waals surface area contributed by atoms with Gasteiger partial charge >= 0.3 is 11.9 Å². The van der Waals surface area contributed by atoms with Crippen LogP contribution in [0.1, 0.15) is 70.0 Å². The van der Waals surface area contributed by atoms with Crippen LogP contribution in [-0.4, -0.2) is 71.7 Å². The molecule has 0 saturated carbocycles. The van der Waals surface area contributed by atoms with Gasteiger partial charge in [-0.05, 0) is 55.0 Å². The first-order valence-corrected chi connectivity index (χ1v) is 12.2. The zero-order chi connectivity index (χ0) is 27.0. The highest BCUT2D eigenvalue weighted by molar-refractivity contribution is 5.88. The number of fused-ring (bicyclic) bond motifs is 1. The number of hydrogen-bond acceptors (Lipinski definition) is 6. The number of benzene rings is 1. The Morgan fingerprint density at radius 3 is 2.17 bits per heavy atom. The van der Waals surface area contributed by atoms with E-state index in [2.05, 4.69) is 10.6 Å². The molecule has 2 amide bonds. The number of ether oxygens (including phenoxy) is 1. The van der Waals surface area contributed by atoms with Gasteiger partial charge in [-0.3, -0.25) is 14.5 Å². The molecule has 0 aliphatic carbocycles.